The third-order valence-electron chi connectivity index (χ3n) is 3.15. The van der Waals surface area contributed by atoms with Crippen LogP contribution in [0.2, 0.25) is 0 Å². The summed E-state index contributed by atoms with van der Waals surface area (Å²) in [6, 6.07) is 0. The summed E-state index contributed by atoms with van der Waals surface area (Å²) in [5.74, 6) is -2.14. The van der Waals surface area contributed by atoms with Gasteiger partial charge in [0.1, 0.15) is 0 Å². The Morgan fingerprint density at radius 2 is 1.14 bits per heavy atom. The van der Waals surface area contributed by atoms with Crippen molar-refractivity contribution in [3.05, 3.63) is 12.7 Å². The Hall–Kier alpha value is -0.554. The maximum absolute atomic E-state index is 10.1. The average molecular weight is 323 g/mol. The molecule has 4 nitrogen and oxygen atoms in total. The summed E-state index contributed by atoms with van der Waals surface area (Å²) in [6.07, 6.45) is 14.8. The molecule has 22 heavy (non-hydrogen) atoms. The molecule has 0 amide bonds. The number of hydrogen-bond acceptors (Lipinski definition) is 4. The fraction of sp³-hybridized carbons (Fsp3) is 0.765. The number of carboxylic acids is 2. The third-order valence-corrected chi connectivity index (χ3v) is 3.15. The topological polar surface area (TPSA) is 80.3 Å². The molecular formula is C17H30MgO4. The summed E-state index contributed by atoms with van der Waals surface area (Å²) in [5, 5.41) is 19.3. The van der Waals surface area contributed by atoms with Gasteiger partial charge in [-0.05, 0) is 18.9 Å². The van der Waals surface area contributed by atoms with Gasteiger partial charge in [-0.2, -0.15) is 0 Å². The van der Waals surface area contributed by atoms with E-state index in [0.717, 1.165) is 18.9 Å². The number of unbranched alkanes of at least 4 members (excludes halogenated alkanes) is 10. The van der Waals surface area contributed by atoms with E-state index in [9.17, 15) is 9.90 Å². The largest absolute Gasteiger partial charge is 2.00 e. The summed E-state index contributed by atoms with van der Waals surface area (Å²) in [4.78, 5) is 19.3. The van der Waals surface area contributed by atoms with E-state index >= 15 is 0 Å². The Balaban J connectivity index is -0.000000520. The summed E-state index contributed by atoms with van der Waals surface area (Å²) in [6.45, 7) is 5.14. The normalized spacial score (nSPS) is 9.14. The van der Waals surface area contributed by atoms with Crippen LogP contribution >= 0.6 is 0 Å². The van der Waals surface area contributed by atoms with Crippen molar-refractivity contribution in [1.82, 2.24) is 0 Å². The van der Waals surface area contributed by atoms with Crippen LogP contribution in [0.1, 0.15) is 84.0 Å². The predicted molar refractivity (Wildman–Crippen MR) is 87.0 cm³/mol. The minimum atomic E-state index is -1.23. The smallest absolute Gasteiger partial charge is 0.550 e. The molecule has 5 heteroatoms. The molecule has 0 heterocycles. The molecule has 0 aromatic heterocycles. The fourth-order valence-corrected chi connectivity index (χ4v) is 1.93. The molecule has 0 N–H and O–H groups in total. The standard InChI is InChI=1S/C14H28O2.C3H4O2.Mg/c1-2-3-4-5-6-7-8-9-10-11-12-13-14(15)16;1-2-3(4)5;/h2-13H2,1H3,(H,15,16);2H,1H2,(H,4,5);/q;;+2/p-2. The van der Waals surface area contributed by atoms with Gasteiger partial charge in [-0.25, -0.2) is 0 Å². The van der Waals surface area contributed by atoms with Crippen LogP contribution in [0.5, 0.6) is 0 Å². The second kappa shape index (κ2) is 22.7. The molecule has 0 unspecified atom stereocenters. The van der Waals surface area contributed by atoms with Gasteiger partial charge < -0.3 is 19.8 Å². The number of carbonyl (C=O) groups excluding carboxylic acids is 2. The van der Waals surface area contributed by atoms with Gasteiger partial charge in [0.05, 0.1) is 5.97 Å². The molecule has 0 aliphatic carbocycles. The van der Waals surface area contributed by atoms with Gasteiger partial charge in [-0.15, -0.1) is 0 Å². The molecule has 0 aliphatic rings. The van der Waals surface area contributed by atoms with Crippen LogP contribution < -0.4 is 10.2 Å². The van der Waals surface area contributed by atoms with Gasteiger partial charge in [-0.1, -0.05) is 77.7 Å². The molecule has 0 rings (SSSR count). The van der Waals surface area contributed by atoms with Crippen molar-refractivity contribution < 1.29 is 19.8 Å². The number of hydrogen-bond donors (Lipinski definition) is 0. The maximum atomic E-state index is 10.1. The van der Waals surface area contributed by atoms with E-state index < -0.39 is 11.9 Å². The minimum Gasteiger partial charge on any atom is -0.550 e. The molecule has 0 saturated carbocycles. The van der Waals surface area contributed by atoms with Crippen molar-refractivity contribution in [2.24, 2.45) is 0 Å². The van der Waals surface area contributed by atoms with E-state index in [-0.39, 0.29) is 29.5 Å². The van der Waals surface area contributed by atoms with Crippen LogP contribution in [0.15, 0.2) is 12.7 Å². The quantitative estimate of drug-likeness (QED) is 0.295. The van der Waals surface area contributed by atoms with Gasteiger partial charge in [0.25, 0.3) is 0 Å². The molecule has 0 atom stereocenters. The molecule has 0 bridgehead atoms. The summed E-state index contributed by atoms with van der Waals surface area (Å²) >= 11 is 0. The second-order valence-electron chi connectivity index (χ2n) is 5.18. The van der Waals surface area contributed by atoms with Crippen molar-refractivity contribution in [2.75, 3.05) is 0 Å². The Morgan fingerprint density at radius 3 is 1.41 bits per heavy atom. The number of carboxylic acid groups (broad SMARTS) is 2. The zero-order chi connectivity index (χ0) is 16.3. The third kappa shape index (κ3) is 31.7. The zero-order valence-corrected chi connectivity index (χ0v) is 15.5. The molecule has 0 spiro atoms. The first-order chi connectivity index (χ1) is 10.0. The maximum Gasteiger partial charge on any atom is 2.00 e. The molecule has 0 aromatic carbocycles. The van der Waals surface area contributed by atoms with Gasteiger partial charge >= 0.3 is 23.1 Å². The number of carbonyl (C=O) groups is 2. The van der Waals surface area contributed by atoms with Crippen molar-refractivity contribution in [3.63, 3.8) is 0 Å². The van der Waals surface area contributed by atoms with Crippen molar-refractivity contribution in [3.8, 4) is 0 Å². The first kappa shape index (κ1) is 26.3. The molecule has 0 aromatic rings. The van der Waals surface area contributed by atoms with Crippen LogP contribution in [0.25, 0.3) is 0 Å². The monoisotopic (exact) mass is 322 g/mol. The summed E-state index contributed by atoms with van der Waals surface area (Å²) in [5.41, 5.74) is 0. The SMILES string of the molecule is C=CC(=O)[O-].CCCCCCCCCCCCCC(=O)[O-].[Mg+2]. The summed E-state index contributed by atoms with van der Waals surface area (Å²) < 4.78 is 0. The average Bonchev–Trinajstić information content (AvgIpc) is 2.45. The number of rotatable bonds is 13. The molecular weight excluding hydrogens is 292 g/mol. The van der Waals surface area contributed by atoms with Gasteiger partial charge in [0, 0.05) is 5.97 Å². The van der Waals surface area contributed by atoms with E-state index in [0.29, 0.717) is 0 Å². The van der Waals surface area contributed by atoms with Crippen LogP contribution in [-0.2, 0) is 9.59 Å². The number of aliphatic carboxylic acids is 2. The molecule has 0 radical (unpaired) electrons. The van der Waals surface area contributed by atoms with Crippen LogP contribution in [0, 0.1) is 0 Å². The minimum absolute atomic E-state index is 0. The first-order valence-electron chi connectivity index (χ1n) is 8.07. The van der Waals surface area contributed by atoms with Crippen molar-refractivity contribution >= 4 is 35.0 Å². The van der Waals surface area contributed by atoms with E-state index in [1.807, 2.05) is 0 Å². The Morgan fingerprint density at radius 1 is 0.818 bits per heavy atom. The zero-order valence-electron chi connectivity index (χ0n) is 14.1. The molecule has 0 saturated heterocycles. The Bertz CT molecular complexity index is 267. The van der Waals surface area contributed by atoms with E-state index in [1.165, 1.54) is 57.8 Å². The van der Waals surface area contributed by atoms with E-state index in [4.69, 9.17) is 9.90 Å². The Kier molecular flexibility index (Phi) is 27.2. The predicted octanol–water partition coefficient (Wildman–Crippen LogP) is 1.98. The molecule has 0 fully saturated rings. The van der Waals surface area contributed by atoms with Crippen molar-refractivity contribution in [1.29, 1.82) is 0 Å². The Labute approximate surface area is 151 Å². The molecule has 124 valence electrons. The van der Waals surface area contributed by atoms with Gasteiger partial charge in [0.2, 0.25) is 0 Å². The van der Waals surface area contributed by atoms with Crippen molar-refractivity contribution in [2.45, 2.75) is 84.0 Å². The van der Waals surface area contributed by atoms with Crippen LogP contribution in [0.3, 0.4) is 0 Å². The second-order valence-corrected chi connectivity index (χ2v) is 5.18. The van der Waals surface area contributed by atoms with E-state index in [2.05, 4.69) is 13.5 Å². The van der Waals surface area contributed by atoms with E-state index in [1.54, 1.807) is 0 Å². The van der Waals surface area contributed by atoms with Gasteiger partial charge in [-0.3, -0.25) is 0 Å². The van der Waals surface area contributed by atoms with Crippen LogP contribution in [-0.4, -0.2) is 35.0 Å². The summed E-state index contributed by atoms with van der Waals surface area (Å²) in [7, 11) is 0. The van der Waals surface area contributed by atoms with Gasteiger partial charge in [0.15, 0.2) is 0 Å². The first-order valence-corrected chi connectivity index (χ1v) is 8.07. The fourth-order valence-electron chi connectivity index (χ4n) is 1.93. The molecule has 0 aliphatic heterocycles. The van der Waals surface area contributed by atoms with Crippen LogP contribution in [0.4, 0.5) is 0 Å².